The number of nitrogens with one attached hydrogen (secondary N) is 1. The second-order valence-corrected chi connectivity index (χ2v) is 7.83. The van der Waals surface area contributed by atoms with Gasteiger partial charge < -0.3 is 5.32 Å². The first-order valence-corrected chi connectivity index (χ1v) is 10.8. The van der Waals surface area contributed by atoms with Crippen molar-refractivity contribution in [1.29, 1.82) is 0 Å². The number of fused-ring (bicyclic) bond motifs is 2. The Morgan fingerprint density at radius 2 is 1.68 bits per heavy atom. The summed E-state index contributed by atoms with van der Waals surface area (Å²) >= 11 is 0. The minimum Gasteiger partial charge on any atom is -0.306 e. The van der Waals surface area contributed by atoms with E-state index >= 15 is 0 Å². The molecule has 0 fully saturated rings. The van der Waals surface area contributed by atoms with Crippen LogP contribution >= 0.6 is 0 Å². The molecule has 34 heavy (non-hydrogen) atoms. The Labute approximate surface area is 194 Å². The van der Waals surface area contributed by atoms with Gasteiger partial charge in [-0.05, 0) is 17.7 Å². The van der Waals surface area contributed by atoms with Crippen LogP contribution in [-0.4, -0.2) is 35.3 Å². The topological polar surface area (TPSA) is 90.0 Å². The summed E-state index contributed by atoms with van der Waals surface area (Å²) in [4.78, 5) is 22.6. The summed E-state index contributed by atoms with van der Waals surface area (Å²) in [5, 5.41) is 12.5. The molecular formula is C26H19N7O. The fraction of sp³-hybridized carbons (Fsp3) is 0.0385. The summed E-state index contributed by atoms with van der Waals surface area (Å²) < 4.78 is 3.42. The molecule has 6 aromatic rings. The molecule has 0 saturated carbocycles. The highest BCUT2D eigenvalue weighted by atomic mass is 16.1. The normalized spacial score (nSPS) is 11.2. The van der Waals surface area contributed by atoms with Crippen LogP contribution < -0.4 is 5.32 Å². The predicted octanol–water partition coefficient (Wildman–Crippen LogP) is 4.44. The third-order valence-corrected chi connectivity index (χ3v) is 5.63. The van der Waals surface area contributed by atoms with Gasteiger partial charge in [0.05, 0.1) is 35.6 Å². The van der Waals surface area contributed by atoms with Crippen molar-refractivity contribution in [3.8, 4) is 11.3 Å². The maximum atomic E-state index is 13.5. The van der Waals surface area contributed by atoms with Gasteiger partial charge in [0, 0.05) is 17.8 Å². The Bertz CT molecular complexity index is 1620. The molecule has 0 radical (unpaired) electrons. The summed E-state index contributed by atoms with van der Waals surface area (Å²) in [6, 6.07) is 25.2. The lowest BCUT2D eigenvalue weighted by Gasteiger charge is -2.11. The predicted molar refractivity (Wildman–Crippen MR) is 129 cm³/mol. The van der Waals surface area contributed by atoms with Crippen LogP contribution in [0.3, 0.4) is 0 Å². The van der Waals surface area contributed by atoms with E-state index in [4.69, 9.17) is 4.98 Å². The highest BCUT2D eigenvalue weighted by Crippen LogP contribution is 2.26. The highest BCUT2D eigenvalue weighted by molar-refractivity contribution is 6.12. The molecule has 1 amide bonds. The van der Waals surface area contributed by atoms with Crippen molar-refractivity contribution < 1.29 is 4.79 Å². The molecule has 0 atom stereocenters. The van der Waals surface area contributed by atoms with Gasteiger partial charge in [-0.1, -0.05) is 60.7 Å². The number of pyridine rings is 1. The van der Waals surface area contributed by atoms with Crippen LogP contribution in [-0.2, 0) is 6.54 Å². The van der Waals surface area contributed by atoms with Gasteiger partial charge in [-0.3, -0.25) is 4.79 Å². The first kappa shape index (κ1) is 19.8. The summed E-state index contributed by atoms with van der Waals surface area (Å²) in [6.07, 6.45) is 4.98. The van der Waals surface area contributed by atoms with E-state index in [1.165, 1.54) is 0 Å². The largest absolute Gasteiger partial charge is 0.306 e. The number of carbonyl (C=O) groups excluding carboxylic acids is 1. The third kappa shape index (κ3) is 3.57. The zero-order valence-electron chi connectivity index (χ0n) is 18.0. The van der Waals surface area contributed by atoms with E-state index in [1.54, 1.807) is 35.2 Å². The van der Waals surface area contributed by atoms with Crippen molar-refractivity contribution in [2.24, 2.45) is 0 Å². The van der Waals surface area contributed by atoms with Crippen LogP contribution in [0.1, 0.15) is 15.9 Å². The molecule has 8 nitrogen and oxygen atoms in total. The fourth-order valence-electron chi connectivity index (χ4n) is 3.98. The molecule has 2 aromatic carbocycles. The summed E-state index contributed by atoms with van der Waals surface area (Å²) in [5.41, 5.74) is 4.51. The van der Waals surface area contributed by atoms with Crippen LogP contribution in [0.25, 0.3) is 27.9 Å². The zero-order chi connectivity index (χ0) is 22.9. The van der Waals surface area contributed by atoms with Crippen molar-refractivity contribution in [2.45, 2.75) is 6.54 Å². The van der Waals surface area contributed by atoms with Gasteiger partial charge in [-0.2, -0.15) is 14.7 Å². The Morgan fingerprint density at radius 3 is 2.50 bits per heavy atom. The number of aromatic nitrogens is 6. The second-order valence-electron chi connectivity index (χ2n) is 7.83. The first-order valence-electron chi connectivity index (χ1n) is 10.8. The number of amides is 1. The van der Waals surface area contributed by atoms with Gasteiger partial charge in [0.25, 0.3) is 5.91 Å². The van der Waals surface area contributed by atoms with E-state index in [2.05, 4.69) is 20.5 Å². The molecule has 1 N–H and O–H groups in total. The van der Waals surface area contributed by atoms with E-state index in [1.807, 2.05) is 71.4 Å². The third-order valence-electron chi connectivity index (χ3n) is 5.63. The van der Waals surface area contributed by atoms with Crippen molar-refractivity contribution >= 4 is 28.4 Å². The van der Waals surface area contributed by atoms with Gasteiger partial charge in [0.1, 0.15) is 5.82 Å². The van der Waals surface area contributed by atoms with Crippen LogP contribution in [0.2, 0.25) is 0 Å². The van der Waals surface area contributed by atoms with E-state index in [9.17, 15) is 4.79 Å². The molecule has 6 rings (SSSR count). The number of anilines is 1. The molecule has 4 heterocycles. The van der Waals surface area contributed by atoms with Gasteiger partial charge in [-0.25, -0.2) is 14.6 Å². The number of rotatable bonds is 5. The lowest BCUT2D eigenvalue weighted by atomic mass is 10.1. The standard InChI is InChI=1S/C26H19N7O/c34-26(31-24-11-13-27-23-12-14-28-33(23)24)20-15-22(19-9-5-2-6-10-19)30-25-21(20)16-29-32(25)17-18-7-3-1-4-8-18/h1-16H,17H2,(H,31,34). The molecule has 0 unspecified atom stereocenters. The van der Waals surface area contributed by atoms with Gasteiger partial charge in [-0.15, -0.1) is 0 Å². The highest BCUT2D eigenvalue weighted by Gasteiger charge is 2.19. The zero-order valence-corrected chi connectivity index (χ0v) is 18.0. The minimum atomic E-state index is -0.271. The first-order chi connectivity index (χ1) is 16.8. The summed E-state index contributed by atoms with van der Waals surface area (Å²) in [5.74, 6) is 0.259. The van der Waals surface area contributed by atoms with Crippen LogP contribution in [0.5, 0.6) is 0 Å². The molecule has 0 saturated heterocycles. The Morgan fingerprint density at radius 1 is 0.882 bits per heavy atom. The Balaban J connectivity index is 1.47. The van der Waals surface area contributed by atoms with E-state index in [0.29, 0.717) is 40.3 Å². The number of carbonyl (C=O) groups is 1. The van der Waals surface area contributed by atoms with Gasteiger partial charge >= 0.3 is 0 Å². The van der Waals surface area contributed by atoms with Crippen molar-refractivity contribution in [3.63, 3.8) is 0 Å². The van der Waals surface area contributed by atoms with E-state index < -0.39 is 0 Å². The SMILES string of the molecule is O=C(Nc1ccnc2ccnn12)c1cc(-c2ccccc2)nc2c1cnn2Cc1ccccc1. The van der Waals surface area contributed by atoms with Crippen LogP contribution in [0.15, 0.2) is 97.5 Å². The summed E-state index contributed by atoms with van der Waals surface area (Å²) in [6.45, 7) is 0.551. The molecule has 0 aliphatic rings. The monoisotopic (exact) mass is 445 g/mol. The molecule has 164 valence electrons. The Hall–Kier alpha value is -4.85. The van der Waals surface area contributed by atoms with Crippen LogP contribution in [0.4, 0.5) is 5.82 Å². The number of benzene rings is 2. The molecule has 4 aromatic heterocycles. The van der Waals surface area contributed by atoms with Crippen LogP contribution in [0, 0.1) is 0 Å². The minimum absolute atomic E-state index is 0.271. The molecule has 8 heteroatoms. The molecule has 0 aliphatic carbocycles. The smallest absolute Gasteiger partial charge is 0.257 e. The summed E-state index contributed by atoms with van der Waals surface area (Å²) in [7, 11) is 0. The number of nitrogens with zero attached hydrogens (tertiary/aromatic N) is 6. The van der Waals surface area contributed by atoms with Crippen molar-refractivity contribution in [3.05, 3.63) is 109 Å². The van der Waals surface area contributed by atoms with E-state index in [0.717, 1.165) is 11.1 Å². The van der Waals surface area contributed by atoms with Gasteiger partial charge in [0.15, 0.2) is 11.3 Å². The van der Waals surface area contributed by atoms with Crippen molar-refractivity contribution in [1.82, 2.24) is 29.4 Å². The number of hydrogen-bond donors (Lipinski definition) is 1. The maximum absolute atomic E-state index is 13.5. The molecule has 0 aliphatic heterocycles. The van der Waals surface area contributed by atoms with Gasteiger partial charge in [0.2, 0.25) is 0 Å². The molecule has 0 spiro atoms. The second kappa shape index (κ2) is 8.25. The quantitative estimate of drug-likeness (QED) is 0.424. The molecule has 0 bridgehead atoms. The average Bonchev–Trinajstić information content (AvgIpc) is 3.53. The lowest BCUT2D eigenvalue weighted by molar-refractivity contribution is 0.102. The van der Waals surface area contributed by atoms with E-state index in [-0.39, 0.29) is 5.91 Å². The fourth-order valence-corrected chi connectivity index (χ4v) is 3.98. The van der Waals surface area contributed by atoms with Crippen molar-refractivity contribution in [2.75, 3.05) is 5.32 Å². The average molecular weight is 445 g/mol. The Kier molecular flexibility index (Phi) is 4.81. The molecular weight excluding hydrogens is 426 g/mol. The number of hydrogen-bond acceptors (Lipinski definition) is 5. The lowest BCUT2D eigenvalue weighted by Crippen LogP contribution is -2.16. The maximum Gasteiger partial charge on any atom is 0.257 e.